The van der Waals surface area contributed by atoms with Crippen LogP contribution >= 0.6 is 0 Å². The Hall–Kier alpha value is -2.10. The number of carbonyl (C=O) groups is 1. The van der Waals surface area contributed by atoms with Gasteiger partial charge < -0.3 is 9.15 Å². The standard InChI is InChI=1S/C13H12O4/c1-7-4-10(16-9(3)14)13-8(2)6-12(15)17-11(13)5-7/h4-6H,1-3H3. The molecule has 1 aromatic heterocycles. The number of rotatable bonds is 1. The minimum Gasteiger partial charge on any atom is -0.426 e. The molecule has 0 saturated heterocycles. The summed E-state index contributed by atoms with van der Waals surface area (Å²) in [6, 6.07) is 4.87. The summed E-state index contributed by atoms with van der Waals surface area (Å²) in [4.78, 5) is 22.3. The normalized spacial score (nSPS) is 10.5. The summed E-state index contributed by atoms with van der Waals surface area (Å²) in [6.07, 6.45) is 0. The Morgan fingerprint density at radius 2 is 1.94 bits per heavy atom. The van der Waals surface area contributed by atoms with Crippen molar-refractivity contribution in [2.45, 2.75) is 20.8 Å². The van der Waals surface area contributed by atoms with E-state index in [1.165, 1.54) is 13.0 Å². The molecular weight excluding hydrogens is 220 g/mol. The lowest BCUT2D eigenvalue weighted by Gasteiger charge is -2.08. The number of hydrogen-bond acceptors (Lipinski definition) is 4. The van der Waals surface area contributed by atoms with Gasteiger partial charge in [-0.2, -0.15) is 0 Å². The Balaban J connectivity index is 2.82. The predicted octanol–water partition coefficient (Wildman–Crippen LogP) is 2.34. The van der Waals surface area contributed by atoms with Crippen molar-refractivity contribution in [2.24, 2.45) is 0 Å². The van der Waals surface area contributed by atoms with Crippen LogP contribution in [-0.4, -0.2) is 5.97 Å². The lowest BCUT2D eigenvalue weighted by atomic mass is 10.1. The van der Waals surface area contributed by atoms with Gasteiger partial charge in [0, 0.05) is 13.0 Å². The van der Waals surface area contributed by atoms with Gasteiger partial charge in [-0.05, 0) is 37.1 Å². The van der Waals surface area contributed by atoms with E-state index in [4.69, 9.17) is 9.15 Å². The second kappa shape index (κ2) is 4.05. The highest BCUT2D eigenvalue weighted by Crippen LogP contribution is 2.29. The second-order valence-corrected chi connectivity index (χ2v) is 3.98. The van der Waals surface area contributed by atoms with Gasteiger partial charge in [0.15, 0.2) is 0 Å². The van der Waals surface area contributed by atoms with Crippen LogP contribution in [0.4, 0.5) is 0 Å². The molecule has 0 N–H and O–H groups in total. The molecule has 0 bridgehead atoms. The van der Waals surface area contributed by atoms with Crippen LogP contribution in [0.1, 0.15) is 18.1 Å². The Morgan fingerprint density at radius 1 is 1.24 bits per heavy atom. The topological polar surface area (TPSA) is 56.5 Å². The number of carbonyl (C=O) groups excluding carboxylic acids is 1. The lowest BCUT2D eigenvalue weighted by Crippen LogP contribution is -2.04. The van der Waals surface area contributed by atoms with Gasteiger partial charge in [0.05, 0.1) is 5.39 Å². The molecule has 1 heterocycles. The first-order valence-corrected chi connectivity index (χ1v) is 5.21. The summed E-state index contributed by atoms with van der Waals surface area (Å²) in [7, 11) is 0. The molecule has 0 aliphatic carbocycles. The van der Waals surface area contributed by atoms with E-state index in [9.17, 15) is 9.59 Å². The molecule has 0 fully saturated rings. The maximum Gasteiger partial charge on any atom is 0.336 e. The smallest absolute Gasteiger partial charge is 0.336 e. The molecule has 2 aromatic rings. The van der Waals surface area contributed by atoms with Crippen LogP contribution in [0.2, 0.25) is 0 Å². The number of esters is 1. The van der Waals surface area contributed by atoms with E-state index in [1.54, 1.807) is 19.1 Å². The van der Waals surface area contributed by atoms with Crippen molar-refractivity contribution in [1.29, 1.82) is 0 Å². The fraction of sp³-hybridized carbons (Fsp3) is 0.231. The molecule has 0 amide bonds. The van der Waals surface area contributed by atoms with Crippen LogP contribution in [0.5, 0.6) is 5.75 Å². The molecule has 0 aliphatic heterocycles. The predicted molar refractivity (Wildman–Crippen MR) is 63.3 cm³/mol. The quantitative estimate of drug-likeness (QED) is 0.430. The first kappa shape index (κ1) is 11.4. The summed E-state index contributed by atoms with van der Waals surface area (Å²) in [5.74, 6) is 0.0243. The fourth-order valence-electron chi connectivity index (χ4n) is 1.81. The highest BCUT2D eigenvalue weighted by Gasteiger charge is 2.11. The van der Waals surface area contributed by atoms with E-state index < -0.39 is 11.6 Å². The van der Waals surface area contributed by atoms with Gasteiger partial charge in [-0.15, -0.1) is 0 Å². The highest BCUT2D eigenvalue weighted by atomic mass is 16.5. The van der Waals surface area contributed by atoms with Crippen LogP contribution in [0.3, 0.4) is 0 Å². The van der Waals surface area contributed by atoms with Crippen molar-refractivity contribution in [3.8, 4) is 5.75 Å². The molecule has 0 spiro atoms. The summed E-state index contributed by atoms with van der Waals surface area (Å²) >= 11 is 0. The SMILES string of the molecule is CC(=O)Oc1cc(C)cc2oc(=O)cc(C)c12. The average Bonchev–Trinajstić information content (AvgIpc) is 2.13. The first-order valence-electron chi connectivity index (χ1n) is 5.21. The van der Waals surface area contributed by atoms with Crippen LogP contribution in [0, 0.1) is 13.8 Å². The minimum absolute atomic E-state index is 0.400. The van der Waals surface area contributed by atoms with Gasteiger partial charge in [-0.1, -0.05) is 0 Å². The molecule has 4 nitrogen and oxygen atoms in total. The molecule has 0 atom stereocenters. The zero-order chi connectivity index (χ0) is 12.6. The first-order chi connectivity index (χ1) is 7.97. The van der Waals surface area contributed by atoms with Crippen LogP contribution in [0.25, 0.3) is 11.0 Å². The number of hydrogen-bond donors (Lipinski definition) is 0. The van der Waals surface area contributed by atoms with E-state index in [2.05, 4.69) is 0 Å². The summed E-state index contributed by atoms with van der Waals surface area (Å²) in [5.41, 5.74) is 1.62. The monoisotopic (exact) mass is 232 g/mol. The van der Waals surface area contributed by atoms with E-state index in [0.717, 1.165) is 11.1 Å². The summed E-state index contributed by atoms with van der Waals surface area (Å²) in [5, 5.41) is 0.658. The van der Waals surface area contributed by atoms with Gasteiger partial charge in [-0.25, -0.2) is 4.79 Å². The van der Waals surface area contributed by atoms with Gasteiger partial charge >= 0.3 is 11.6 Å². The Bertz CT molecular complexity index is 652. The van der Waals surface area contributed by atoms with Crippen molar-refractivity contribution in [1.82, 2.24) is 0 Å². The minimum atomic E-state index is -0.408. The van der Waals surface area contributed by atoms with Gasteiger partial charge in [0.1, 0.15) is 11.3 Å². The molecular formula is C13H12O4. The van der Waals surface area contributed by atoms with Crippen molar-refractivity contribution in [3.63, 3.8) is 0 Å². The third-order valence-electron chi connectivity index (χ3n) is 2.40. The second-order valence-electron chi connectivity index (χ2n) is 3.98. The zero-order valence-corrected chi connectivity index (χ0v) is 9.87. The Kier molecular flexibility index (Phi) is 2.71. The van der Waals surface area contributed by atoms with Crippen LogP contribution in [0.15, 0.2) is 27.4 Å². The highest BCUT2D eigenvalue weighted by molar-refractivity contribution is 5.89. The number of benzene rings is 1. The van der Waals surface area contributed by atoms with Gasteiger partial charge in [0.25, 0.3) is 0 Å². The van der Waals surface area contributed by atoms with Crippen molar-refractivity contribution >= 4 is 16.9 Å². The summed E-state index contributed by atoms with van der Waals surface area (Å²) < 4.78 is 10.2. The van der Waals surface area contributed by atoms with Gasteiger partial charge in [-0.3, -0.25) is 4.79 Å². The zero-order valence-electron chi connectivity index (χ0n) is 9.87. The average molecular weight is 232 g/mol. The van der Waals surface area contributed by atoms with Gasteiger partial charge in [0.2, 0.25) is 0 Å². The Morgan fingerprint density at radius 3 is 2.59 bits per heavy atom. The van der Waals surface area contributed by atoms with Crippen LogP contribution in [-0.2, 0) is 4.79 Å². The Labute approximate surface area is 97.8 Å². The molecule has 88 valence electrons. The number of fused-ring (bicyclic) bond motifs is 1. The van der Waals surface area contributed by atoms with E-state index in [0.29, 0.717) is 16.7 Å². The summed E-state index contributed by atoms with van der Waals surface area (Å²) in [6.45, 7) is 4.96. The van der Waals surface area contributed by atoms with Crippen molar-refractivity contribution in [3.05, 3.63) is 39.7 Å². The molecule has 1 aromatic carbocycles. The lowest BCUT2D eigenvalue weighted by molar-refractivity contribution is -0.131. The fourth-order valence-corrected chi connectivity index (χ4v) is 1.81. The van der Waals surface area contributed by atoms with Crippen molar-refractivity contribution in [2.75, 3.05) is 0 Å². The largest absolute Gasteiger partial charge is 0.426 e. The molecule has 2 rings (SSSR count). The molecule has 0 unspecified atom stereocenters. The number of aryl methyl sites for hydroxylation is 2. The van der Waals surface area contributed by atoms with E-state index in [1.807, 2.05) is 6.92 Å². The molecule has 4 heteroatoms. The number of ether oxygens (including phenoxy) is 1. The maximum absolute atomic E-state index is 11.3. The van der Waals surface area contributed by atoms with E-state index in [-0.39, 0.29) is 0 Å². The molecule has 0 radical (unpaired) electrons. The molecule has 0 aliphatic rings. The van der Waals surface area contributed by atoms with Crippen molar-refractivity contribution < 1.29 is 13.9 Å². The third kappa shape index (κ3) is 2.20. The third-order valence-corrected chi connectivity index (χ3v) is 2.40. The molecule has 17 heavy (non-hydrogen) atoms. The maximum atomic E-state index is 11.3. The van der Waals surface area contributed by atoms with E-state index >= 15 is 0 Å². The van der Waals surface area contributed by atoms with Crippen LogP contribution < -0.4 is 10.4 Å². The molecule has 0 saturated carbocycles.